The van der Waals surface area contributed by atoms with Crippen molar-refractivity contribution in [1.29, 1.82) is 0 Å². The van der Waals surface area contributed by atoms with Crippen molar-refractivity contribution in [3.05, 3.63) is 27.7 Å². The van der Waals surface area contributed by atoms with Crippen LogP contribution < -0.4 is 5.32 Å². The second kappa shape index (κ2) is 5.04. The number of fused-ring (bicyclic) bond motifs is 3. The van der Waals surface area contributed by atoms with Gasteiger partial charge >= 0.3 is 0 Å². The van der Waals surface area contributed by atoms with Crippen LogP contribution in [0.3, 0.4) is 0 Å². The quantitative estimate of drug-likeness (QED) is 0.599. The fourth-order valence-corrected chi connectivity index (χ4v) is 4.68. The number of benzene rings is 1. The largest absolute Gasteiger partial charge is 0.297 e. The van der Waals surface area contributed by atoms with Gasteiger partial charge in [0.05, 0.1) is 31.1 Å². The Bertz CT molecular complexity index is 1020. The molecular weight excluding hydrogens is 338 g/mol. The van der Waals surface area contributed by atoms with Gasteiger partial charge in [0, 0.05) is 0 Å². The first-order valence-electron chi connectivity index (χ1n) is 6.39. The molecule has 4 aromatic rings. The summed E-state index contributed by atoms with van der Waals surface area (Å²) in [6, 6.07) is 3.90. The summed E-state index contributed by atoms with van der Waals surface area (Å²) < 4.78 is 5.95. The van der Waals surface area contributed by atoms with Gasteiger partial charge in [0.25, 0.3) is 5.91 Å². The molecule has 0 saturated carbocycles. The van der Waals surface area contributed by atoms with Crippen LogP contribution in [0.4, 0.5) is 5.13 Å². The van der Waals surface area contributed by atoms with Crippen LogP contribution in [0.5, 0.6) is 0 Å². The van der Waals surface area contributed by atoms with Crippen LogP contribution in [0.1, 0.15) is 20.4 Å². The van der Waals surface area contributed by atoms with E-state index in [1.165, 1.54) is 11.3 Å². The van der Waals surface area contributed by atoms with Crippen molar-refractivity contribution in [2.45, 2.75) is 13.8 Å². The van der Waals surface area contributed by atoms with Crippen molar-refractivity contribution in [1.82, 2.24) is 19.6 Å². The summed E-state index contributed by atoms with van der Waals surface area (Å²) in [7, 11) is 0. The number of aromatic nitrogens is 4. The van der Waals surface area contributed by atoms with Crippen molar-refractivity contribution >= 4 is 65.7 Å². The molecule has 0 bridgehead atoms. The van der Waals surface area contributed by atoms with Gasteiger partial charge in [0.1, 0.15) is 4.88 Å². The second-order valence-corrected chi connectivity index (χ2v) is 7.61. The van der Waals surface area contributed by atoms with Gasteiger partial charge in [-0.05, 0) is 37.5 Å². The molecule has 3 aromatic heterocycles. The minimum absolute atomic E-state index is 0.219. The zero-order chi connectivity index (χ0) is 15.3. The molecule has 1 N–H and O–H groups in total. The summed E-state index contributed by atoms with van der Waals surface area (Å²) in [6.07, 6.45) is 0. The lowest BCUT2D eigenvalue weighted by atomic mass is 10.3. The van der Waals surface area contributed by atoms with Crippen LogP contribution in [0.15, 0.2) is 12.1 Å². The third kappa shape index (κ3) is 2.18. The van der Waals surface area contributed by atoms with E-state index in [9.17, 15) is 4.79 Å². The molecule has 3 heterocycles. The number of amides is 1. The highest BCUT2D eigenvalue weighted by molar-refractivity contribution is 7.28. The Labute approximate surface area is 137 Å². The summed E-state index contributed by atoms with van der Waals surface area (Å²) in [5.41, 5.74) is 2.47. The molecule has 1 aromatic carbocycles. The van der Waals surface area contributed by atoms with E-state index >= 15 is 0 Å². The van der Waals surface area contributed by atoms with Crippen molar-refractivity contribution in [3.63, 3.8) is 0 Å². The minimum atomic E-state index is -0.219. The van der Waals surface area contributed by atoms with Crippen molar-refractivity contribution in [2.24, 2.45) is 0 Å². The Morgan fingerprint density at radius 1 is 1.09 bits per heavy atom. The van der Waals surface area contributed by atoms with Gasteiger partial charge in [-0.25, -0.2) is 9.97 Å². The van der Waals surface area contributed by atoms with E-state index in [2.05, 4.69) is 24.9 Å². The Morgan fingerprint density at radius 2 is 1.82 bits per heavy atom. The zero-order valence-electron chi connectivity index (χ0n) is 11.6. The lowest BCUT2D eigenvalue weighted by Crippen LogP contribution is -2.11. The topological polar surface area (TPSA) is 80.7 Å². The standard InChI is InChI=1S/C13H9N5OS3/c1-5-9(22-18-17-5)12(19)16-13-15-8-4-3-7-10(11(8)21-13)20-6(2)14-7/h3-4H,1-2H3,(H,15,16,19). The monoisotopic (exact) mass is 347 g/mol. The molecule has 0 atom stereocenters. The lowest BCUT2D eigenvalue weighted by Gasteiger charge is -1.97. The third-order valence-electron chi connectivity index (χ3n) is 3.10. The first kappa shape index (κ1) is 13.7. The van der Waals surface area contributed by atoms with E-state index in [0.29, 0.717) is 15.7 Å². The fourth-order valence-electron chi connectivity index (χ4n) is 2.13. The Morgan fingerprint density at radius 3 is 2.55 bits per heavy atom. The molecule has 0 radical (unpaired) electrons. The molecule has 110 valence electrons. The van der Waals surface area contributed by atoms with Crippen LogP contribution in [-0.4, -0.2) is 25.5 Å². The Balaban J connectivity index is 1.75. The lowest BCUT2D eigenvalue weighted by molar-refractivity contribution is 0.103. The van der Waals surface area contributed by atoms with Crippen LogP contribution in [0.2, 0.25) is 0 Å². The van der Waals surface area contributed by atoms with E-state index in [1.54, 1.807) is 18.3 Å². The molecule has 0 fully saturated rings. The van der Waals surface area contributed by atoms with Gasteiger partial charge in [-0.15, -0.1) is 16.4 Å². The van der Waals surface area contributed by atoms with E-state index in [0.717, 1.165) is 37.0 Å². The van der Waals surface area contributed by atoms with Crippen LogP contribution >= 0.6 is 34.2 Å². The summed E-state index contributed by atoms with van der Waals surface area (Å²) in [5, 5.41) is 8.28. The molecule has 0 spiro atoms. The van der Waals surface area contributed by atoms with Crippen molar-refractivity contribution in [2.75, 3.05) is 5.32 Å². The maximum Gasteiger partial charge on any atom is 0.271 e. The summed E-state index contributed by atoms with van der Waals surface area (Å²) in [5.74, 6) is -0.219. The maximum absolute atomic E-state index is 12.2. The van der Waals surface area contributed by atoms with Gasteiger partial charge in [-0.2, -0.15) is 0 Å². The number of aryl methyl sites for hydroxylation is 2. The predicted molar refractivity (Wildman–Crippen MR) is 90.1 cm³/mol. The molecule has 0 saturated heterocycles. The average molecular weight is 347 g/mol. The highest BCUT2D eigenvalue weighted by Gasteiger charge is 2.16. The number of nitrogens with zero attached hydrogens (tertiary/aromatic N) is 4. The summed E-state index contributed by atoms with van der Waals surface area (Å²) in [4.78, 5) is 21.7. The number of anilines is 1. The average Bonchev–Trinajstić information content (AvgIpc) is 3.14. The fraction of sp³-hybridized carbons (Fsp3) is 0.154. The molecule has 22 heavy (non-hydrogen) atoms. The number of carbonyl (C=O) groups is 1. The van der Waals surface area contributed by atoms with E-state index in [-0.39, 0.29) is 5.91 Å². The van der Waals surface area contributed by atoms with Crippen molar-refractivity contribution in [3.8, 4) is 0 Å². The van der Waals surface area contributed by atoms with Crippen LogP contribution in [-0.2, 0) is 0 Å². The number of rotatable bonds is 2. The normalized spacial score (nSPS) is 11.4. The predicted octanol–water partition coefficient (Wildman–Crippen LogP) is 3.63. The third-order valence-corrected chi connectivity index (χ3v) is 6.06. The molecule has 1 amide bonds. The minimum Gasteiger partial charge on any atom is -0.297 e. The summed E-state index contributed by atoms with van der Waals surface area (Å²) >= 11 is 4.19. The second-order valence-electron chi connectivity index (χ2n) is 4.66. The van der Waals surface area contributed by atoms with Gasteiger partial charge in [0.2, 0.25) is 0 Å². The first-order chi connectivity index (χ1) is 10.6. The molecule has 0 aliphatic carbocycles. The van der Waals surface area contributed by atoms with Crippen molar-refractivity contribution < 1.29 is 4.79 Å². The molecule has 0 aliphatic rings. The molecular formula is C13H9N5OS3. The number of hydrogen-bond acceptors (Lipinski definition) is 8. The smallest absolute Gasteiger partial charge is 0.271 e. The Kier molecular flexibility index (Phi) is 3.13. The summed E-state index contributed by atoms with van der Waals surface area (Å²) in [6.45, 7) is 3.75. The van der Waals surface area contributed by atoms with Gasteiger partial charge in [0.15, 0.2) is 5.13 Å². The van der Waals surface area contributed by atoms with E-state index in [1.807, 2.05) is 19.1 Å². The number of hydrogen-bond donors (Lipinski definition) is 1. The SMILES string of the molecule is Cc1nc2ccc3nc(NC(=O)c4snnc4C)sc3c2s1. The van der Waals surface area contributed by atoms with Gasteiger partial charge in [-0.1, -0.05) is 15.8 Å². The van der Waals surface area contributed by atoms with Crippen LogP contribution in [0, 0.1) is 13.8 Å². The zero-order valence-corrected chi connectivity index (χ0v) is 14.0. The van der Waals surface area contributed by atoms with Crippen LogP contribution in [0.25, 0.3) is 20.4 Å². The number of thiazole rings is 2. The highest BCUT2D eigenvalue weighted by atomic mass is 32.1. The first-order valence-corrected chi connectivity index (χ1v) is 8.79. The highest BCUT2D eigenvalue weighted by Crippen LogP contribution is 2.35. The number of nitrogens with one attached hydrogen (secondary N) is 1. The van der Waals surface area contributed by atoms with Gasteiger partial charge in [-0.3, -0.25) is 10.1 Å². The number of carbonyl (C=O) groups excluding carboxylic acids is 1. The molecule has 4 rings (SSSR count). The maximum atomic E-state index is 12.2. The van der Waals surface area contributed by atoms with E-state index in [4.69, 9.17) is 0 Å². The molecule has 0 aliphatic heterocycles. The molecule has 9 heteroatoms. The molecule has 0 unspecified atom stereocenters. The Hall–Kier alpha value is -1.97. The van der Waals surface area contributed by atoms with E-state index < -0.39 is 0 Å². The van der Waals surface area contributed by atoms with Gasteiger partial charge < -0.3 is 0 Å². The molecule has 6 nitrogen and oxygen atoms in total.